The summed E-state index contributed by atoms with van der Waals surface area (Å²) in [7, 11) is 0. The van der Waals surface area contributed by atoms with E-state index >= 15 is 0 Å². The number of aliphatic carboxylic acids is 1. The second-order valence-corrected chi connectivity index (χ2v) is 6.25. The molecular formula is C18H13F2NO2S. The van der Waals surface area contributed by atoms with Gasteiger partial charge in [-0.2, -0.15) is 0 Å². The summed E-state index contributed by atoms with van der Waals surface area (Å²) in [4.78, 5) is 15.4. The highest BCUT2D eigenvalue weighted by atomic mass is 32.1. The minimum atomic E-state index is -0.957. The fraction of sp³-hybridized carbons (Fsp3) is 0.111. The van der Waals surface area contributed by atoms with E-state index in [0.717, 1.165) is 28.4 Å². The molecule has 3 nitrogen and oxygen atoms in total. The molecule has 0 atom stereocenters. The molecule has 2 aromatic carbocycles. The maximum Gasteiger partial charge on any atom is 0.303 e. The van der Waals surface area contributed by atoms with Crippen molar-refractivity contribution in [3.63, 3.8) is 0 Å². The fourth-order valence-electron chi connectivity index (χ4n) is 2.30. The van der Waals surface area contributed by atoms with E-state index in [9.17, 15) is 13.6 Å². The van der Waals surface area contributed by atoms with Crippen LogP contribution in [0.2, 0.25) is 0 Å². The smallest absolute Gasteiger partial charge is 0.303 e. The van der Waals surface area contributed by atoms with Crippen molar-refractivity contribution < 1.29 is 18.7 Å². The molecule has 1 heterocycles. The molecular weight excluding hydrogens is 332 g/mol. The van der Waals surface area contributed by atoms with Gasteiger partial charge < -0.3 is 5.11 Å². The van der Waals surface area contributed by atoms with Crippen molar-refractivity contribution in [1.29, 1.82) is 0 Å². The molecule has 0 fully saturated rings. The third-order valence-corrected chi connectivity index (χ3v) is 4.58. The Morgan fingerprint density at radius 1 is 1.17 bits per heavy atom. The van der Waals surface area contributed by atoms with E-state index in [2.05, 4.69) is 4.98 Å². The Balaban J connectivity index is 2.06. The van der Waals surface area contributed by atoms with Crippen molar-refractivity contribution in [1.82, 2.24) is 4.98 Å². The summed E-state index contributed by atoms with van der Waals surface area (Å²) in [5.74, 6) is -2.07. The maximum atomic E-state index is 13.9. The normalized spacial score (nSPS) is 11.8. The molecule has 0 amide bonds. The number of thiazole rings is 1. The lowest BCUT2D eigenvalue weighted by Crippen LogP contribution is -1.96. The third-order valence-electron chi connectivity index (χ3n) is 3.46. The van der Waals surface area contributed by atoms with E-state index < -0.39 is 17.6 Å². The van der Waals surface area contributed by atoms with Crippen molar-refractivity contribution in [3.8, 4) is 0 Å². The van der Waals surface area contributed by atoms with Gasteiger partial charge in [0.1, 0.15) is 16.6 Å². The Kier molecular flexibility index (Phi) is 4.66. The standard InChI is InChI=1S/C18H13F2NO2S/c19-13-6-7-14(20)12(10-13)9-11(5-8-17(22)23)18-21-15-3-1-2-4-16(15)24-18/h1-4,6-7,9-10H,5,8H2,(H,22,23)/b11-9-. The number of aromatic nitrogens is 1. The summed E-state index contributed by atoms with van der Waals surface area (Å²) >= 11 is 1.40. The van der Waals surface area contributed by atoms with Gasteiger partial charge >= 0.3 is 5.97 Å². The van der Waals surface area contributed by atoms with Gasteiger partial charge in [0.25, 0.3) is 0 Å². The van der Waals surface area contributed by atoms with Crippen LogP contribution in [0, 0.1) is 11.6 Å². The largest absolute Gasteiger partial charge is 0.481 e. The first-order valence-electron chi connectivity index (χ1n) is 7.26. The highest BCUT2D eigenvalue weighted by molar-refractivity contribution is 7.19. The molecule has 24 heavy (non-hydrogen) atoms. The Labute approximate surface area is 140 Å². The minimum Gasteiger partial charge on any atom is -0.481 e. The number of hydrogen-bond donors (Lipinski definition) is 1. The Hall–Kier alpha value is -2.60. The number of carboxylic acid groups (broad SMARTS) is 1. The maximum absolute atomic E-state index is 13.9. The summed E-state index contributed by atoms with van der Waals surface area (Å²) in [5, 5.41) is 9.55. The van der Waals surface area contributed by atoms with Crippen molar-refractivity contribution in [2.24, 2.45) is 0 Å². The van der Waals surface area contributed by atoms with Crippen LogP contribution < -0.4 is 0 Å². The molecule has 0 saturated heterocycles. The topological polar surface area (TPSA) is 50.2 Å². The van der Waals surface area contributed by atoms with Crippen LogP contribution in [0.25, 0.3) is 21.9 Å². The summed E-state index contributed by atoms with van der Waals surface area (Å²) in [6.45, 7) is 0. The van der Waals surface area contributed by atoms with E-state index in [1.165, 1.54) is 17.4 Å². The highest BCUT2D eigenvalue weighted by Gasteiger charge is 2.12. The lowest BCUT2D eigenvalue weighted by Gasteiger charge is -2.04. The number of hydrogen-bond acceptors (Lipinski definition) is 3. The molecule has 0 aliphatic carbocycles. The van der Waals surface area contributed by atoms with E-state index in [0.29, 0.717) is 10.6 Å². The number of carboxylic acids is 1. The average Bonchev–Trinajstić information content (AvgIpc) is 2.98. The first-order chi connectivity index (χ1) is 11.5. The summed E-state index contributed by atoms with van der Waals surface area (Å²) in [5.41, 5.74) is 1.44. The molecule has 0 bridgehead atoms. The van der Waals surface area contributed by atoms with Gasteiger partial charge in [0, 0.05) is 12.0 Å². The van der Waals surface area contributed by atoms with E-state index in [4.69, 9.17) is 5.11 Å². The third kappa shape index (κ3) is 3.65. The number of halogens is 2. The van der Waals surface area contributed by atoms with Crippen molar-refractivity contribution in [2.75, 3.05) is 0 Å². The molecule has 0 saturated carbocycles. The Morgan fingerprint density at radius 2 is 1.96 bits per heavy atom. The van der Waals surface area contributed by atoms with Crippen molar-refractivity contribution in [3.05, 3.63) is 64.7 Å². The lowest BCUT2D eigenvalue weighted by molar-refractivity contribution is -0.136. The predicted molar refractivity (Wildman–Crippen MR) is 90.7 cm³/mol. The second kappa shape index (κ2) is 6.88. The van der Waals surface area contributed by atoms with Crippen LogP contribution >= 0.6 is 11.3 Å². The van der Waals surface area contributed by atoms with Crippen LogP contribution in [0.3, 0.4) is 0 Å². The summed E-state index contributed by atoms with van der Waals surface area (Å²) in [6.07, 6.45) is 1.54. The lowest BCUT2D eigenvalue weighted by atomic mass is 10.1. The number of fused-ring (bicyclic) bond motifs is 1. The van der Waals surface area contributed by atoms with Gasteiger partial charge in [-0.3, -0.25) is 4.79 Å². The average molecular weight is 345 g/mol. The molecule has 0 aliphatic rings. The van der Waals surface area contributed by atoms with Crippen molar-refractivity contribution >= 4 is 39.2 Å². The molecule has 0 spiro atoms. The van der Waals surface area contributed by atoms with Crippen LogP contribution in [0.4, 0.5) is 8.78 Å². The number of rotatable bonds is 5. The summed E-state index contributed by atoms with van der Waals surface area (Å²) in [6, 6.07) is 10.7. The molecule has 1 N–H and O–H groups in total. The van der Waals surface area contributed by atoms with Crippen molar-refractivity contribution in [2.45, 2.75) is 12.8 Å². The Morgan fingerprint density at radius 3 is 2.71 bits per heavy atom. The van der Waals surface area contributed by atoms with Gasteiger partial charge in [-0.1, -0.05) is 12.1 Å². The molecule has 3 rings (SSSR count). The molecule has 1 aromatic heterocycles. The highest BCUT2D eigenvalue weighted by Crippen LogP contribution is 2.31. The number of nitrogens with zero attached hydrogens (tertiary/aromatic N) is 1. The quantitative estimate of drug-likeness (QED) is 0.709. The minimum absolute atomic E-state index is 0.0784. The summed E-state index contributed by atoms with van der Waals surface area (Å²) < 4.78 is 28.2. The van der Waals surface area contributed by atoms with Gasteiger partial charge in [-0.15, -0.1) is 11.3 Å². The SMILES string of the molecule is O=C(O)CC/C(=C/c1cc(F)ccc1F)c1nc2ccccc2s1. The number of benzene rings is 2. The zero-order valence-electron chi connectivity index (χ0n) is 12.5. The monoisotopic (exact) mass is 345 g/mol. The second-order valence-electron chi connectivity index (χ2n) is 5.22. The van der Waals surface area contributed by atoms with Gasteiger partial charge in [0.15, 0.2) is 0 Å². The van der Waals surface area contributed by atoms with E-state index in [1.807, 2.05) is 24.3 Å². The van der Waals surface area contributed by atoms with Gasteiger partial charge in [0.05, 0.1) is 10.2 Å². The Bertz CT molecular complexity index is 901. The van der Waals surface area contributed by atoms with E-state index in [1.54, 1.807) is 0 Å². The molecule has 0 aliphatic heterocycles. The molecule has 0 unspecified atom stereocenters. The van der Waals surface area contributed by atoms with Crippen LogP contribution in [-0.4, -0.2) is 16.1 Å². The van der Waals surface area contributed by atoms with Crippen LogP contribution in [0.5, 0.6) is 0 Å². The van der Waals surface area contributed by atoms with E-state index in [-0.39, 0.29) is 18.4 Å². The van der Waals surface area contributed by atoms with Gasteiger partial charge in [-0.25, -0.2) is 13.8 Å². The number of carbonyl (C=O) groups is 1. The number of para-hydroxylation sites is 1. The van der Waals surface area contributed by atoms with Gasteiger partial charge in [-0.05, 0) is 48.4 Å². The van der Waals surface area contributed by atoms with Crippen LogP contribution in [0.1, 0.15) is 23.4 Å². The molecule has 0 radical (unpaired) electrons. The number of allylic oxidation sites excluding steroid dienone is 1. The zero-order chi connectivity index (χ0) is 17.1. The zero-order valence-corrected chi connectivity index (χ0v) is 13.3. The first-order valence-corrected chi connectivity index (χ1v) is 8.08. The molecule has 122 valence electrons. The fourth-order valence-corrected chi connectivity index (χ4v) is 3.31. The van der Waals surface area contributed by atoms with Crippen LogP contribution in [-0.2, 0) is 4.79 Å². The molecule has 3 aromatic rings. The predicted octanol–water partition coefficient (Wildman–Crippen LogP) is 4.98. The molecule has 6 heteroatoms. The first kappa shape index (κ1) is 16.3. The van der Waals surface area contributed by atoms with Crippen LogP contribution in [0.15, 0.2) is 42.5 Å². The van der Waals surface area contributed by atoms with Gasteiger partial charge in [0.2, 0.25) is 0 Å².